The smallest absolute Gasteiger partial charge is 0.241 e. The predicted molar refractivity (Wildman–Crippen MR) is 57.7 cm³/mol. The topological polar surface area (TPSA) is 29.0 Å². The van der Waals surface area contributed by atoms with E-state index in [0.29, 0.717) is 25.9 Å². The van der Waals surface area contributed by atoms with Crippen LogP contribution in [0.25, 0.3) is 0 Å². The largest absolute Gasteiger partial charge is 0.356 e. The molecule has 2 heterocycles. The molecule has 0 atom stereocenters. The predicted octanol–water partition coefficient (Wildman–Crippen LogP) is 2.27. The van der Waals surface area contributed by atoms with E-state index < -0.39 is 12.3 Å². The lowest BCUT2D eigenvalue weighted by Gasteiger charge is -2.32. The molecule has 0 aliphatic carbocycles. The molecule has 1 aliphatic heterocycles. The summed E-state index contributed by atoms with van der Waals surface area (Å²) in [7, 11) is 0. The summed E-state index contributed by atoms with van der Waals surface area (Å²) in [5.74, 6) is 0.402. The van der Waals surface area contributed by atoms with Crippen molar-refractivity contribution in [3.8, 4) is 0 Å². The second kappa shape index (κ2) is 4.72. The van der Waals surface area contributed by atoms with E-state index >= 15 is 0 Å². The third-order valence-corrected chi connectivity index (χ3v) is 3.01. The zero-order valence-corrected chi connectivity index (χ0v) is 9.24. The maximum atomic E-state index is 12.5. The van der Waals surface area contributed by atoms with Crippen LogP contribution in [-0.4, -0.2) is 29.5 Å². The highest BCUT2D eigenvalue weighted by molar-refractivity contribution is 5.38. The van der Waals surface area contributed by atoms with Crippen LogP contribution in [0.1, 0.15) is 18.5 Å². The first-order valence-corrected chi connectivity index (χ1v) is 5.48. The molecule has 1 fully saturated rings. The number of nitrogens with zero attached hydrogens (tertiary/aromatic N) is 3. The Labute approximate surface area is 93.5 Å². The second-order valence-electron chi connectivity index (χ2n) is 4.18. The molecule has 0 amide bonds. The molecule has 0 N–H and O–H groups in total. The van der Waals surface area contributed by atoms with Crippen molar-refractivity contribution in [1.82, 2.24) is 9.97 Å². The number of rotatable bonds is 2. The SMILES string of the molecule is Cc1cc(N2CCC(C(F)F)CC2)ncn1. The maximum absolute atomic E-state index is 12.5. The molecule has 16 heavy (non-hydrogen) atoms. The highest BCUT2D eigenvalue weighted by Crippen LogP contribution is 2.25. The summed E-state index contributed by atoms with van der Waals surface area (Å²) >= 11 is 0. The van der Waals surface area contributed by atoms with Gasteiger partial charge in [-0.15, -0.1) is 0 Å². The van der Waals surface area contributed by atoms with Crippen molar-refractivity contribution >= 4 is 5.82 Å². The molecule has 2 rings (SSSR count). The summed E-state index contributed by atoms with van der Waals surface area (Å²) < 4.78 is 24.9. The van der Waals surface area contributed by atoms with E-state index in [1.54, 1.807) is 0 Å². The first-order chi connectivity index (χ1) is 7.66. The van der Waals surface area contributed by atoms with E-state index in [-0.39, 0.29) is 0 Å². The van der Waals surface area contributed by atoms with Crippen molar-refractivity contribution in [2.45, 2.75) is 26.2 Å². The Morgan fingerprint density at radius 3 is 2.56 bits per heavy atom. The van der Waals surface area contributed by atoms with Gasteiger partial charge < -0.3 is 4.90 Å². The Balaban J connectivity index is 1.99. The van der Waals surface area contributed by atoms with Crippen molar-refractivity contribution in [1.29, 1.82) is 0 Å². The molecule has 0 saturated carbocycles. The highest BCUT2D eigenvalue weighted by Gasteiger charge is 2.26. The Morgan fingerprint density at radius 1 is 1.31 bits per heavy atom. The molecule has 0 aromatic carbocycles. The van der Waals surface area contributed by atoms with Crippen LogP contribution in [0.5, 0.6) is 0 Å². The van der Waals surface area contributed by atoms with Crippen molar-refractivity contribution in [2.24, 2.45) is 5.92 Å². The van der Waals surface area contributed by atoms with Gasteiger partial charge in [-0.25, -0.2) is 18.7 Å². The number of aromatic nitrogens is 2. The number of aryl methyl sites for hydroxylation is 1. The van der Waals surface area contributed by atoms with Crippen LogP contribution in [0.15, 0.2) is 12.4 Å². The molecule has 5 heteroatoms. The van der Waals surface area contributed by atoms with Crippen LogP contribution in [-0.2, 0) is 0 Å². The maximum Gasteiger partial charge on any atom is 0.241 e. The normalized spacial score (nSPS) is 18.1. The van der Waals surface area contributed by atoms with E-state index in [2.05, 4.69) is 9.97 Å². The fraction of sp³-hybridized carbons (Fsp3) is 0.636. The summed E-state index contributed by atoms with van der Waals surface area (Å²) in [6, 6.07) is 1.89. The van der Waals surface area contributed by atoms with Crippen molar-refractivity contribution in [3.05, 3.63) is 18.1 Å². The van der Waals surface area contributed by atoms with Gasteiger partial charge in [0.1, 0.15) is 12.1 Å². The van der Waals surface area contributed by atoms with Crippen LogP contribution < -0.4 is 4.90 Å². The number of alkyl halides is 2. The lowest BCUT2D eigenvalue weighted by Crippen LogP contribution is -2.36. The van der Waals surface area contributed by atoms with E-state index in [0.717, 1.165) is 11.5 Å². The average Bonchev–Trinajstić information content (AvgIpc) is 2.29. The summed E-state index contributed by atoms with van der Waals surface area (Å²) in [5.41, 5.74) is 0.904. The quantitative estimate of drug-likeness (QED) is 0.776. The molecule has 0 unspecified atom stereocenters. The van der Waals surface area contributed by atoms with Gasteiger partial charge in [0.25, 0.3) is 0 Å². The molecular formula is C11H15F2N3. The van der Waals surface area contributed by atoms with Gasteiger partial charge in [0, 0.05) is 30.8 Å². The minimum atomic E-state index is -2.19. The van der Waals surface area contributed by atoms with Gasteiger partial charge in [-0.3, -0.25) is 0 Å². The third kappa shape index (κ3) is 2.46. The highest BCUT2D eigenvalue weighted by atomic mass is 19.3. The van der Waals surface area contributed by atoms with Gasteiger partial charge in [0.15, 0.2) is 0 Å². The van der Waals surface area contributed by atoms with Gasteiger partial charge in [-0.05, 0) is 19.8 Å². The molecule has 3 nitrogen and oxygen atoms in total. The monoisotopic (exact) mass is 227 g/mol. The number of anilines is 1. The number of piperidine rings is 1. The fourth-order valence-electron chi connectivity index (χ4n) is 1.99. The molecule has 1 aromatic rings. The van der Waals surface area contributed by atoms with E-state index in [1.807, 2.05) is 17.9 Å². The van der Waals surface area contributed by atoms with Crippen molar-refractivity contribution in [3.63, 3.8) is 0 Å². The Kier molecular flexibility index (Phi) is 3.31. The minimum absolute atomic E-state index is 0.445. The zero-order chi connectivity index (χ0) is 11.5. The Hall–Kier alpha value is -1.26. The van der Waals surface area contributed by atoms with Gasteiger partial charge in [-0.2, -0.15) is 0 Å². The molecular weight excluding hydrogens is 212 g/mol. The van der Waals surface area contributed by atoms with Gasteiger partial charge in [0.2, 0.25) is 6.43 Å². The fourth-order valence-corrected chi connectivity index (χ4v) is 1.99. The summed E-state index contributed by atoms with van der Waals surface area (Å²) in [6.07, 6.45) is 0.417. The van der Waals surface area contributed by atoms with Gasteiger partial charge in [0.05, 0.1) is 0 Å². The lowest BCUT2D eigenvalue weighted by molar-refractivity contribution is 0.0635. The van der Waals surface area contributed by atoms with Crippen LogP contribution in [0.3, 0.4) is 0 Å². The summed E-state index contributed by atoms with van der Waals surface area (Å²) in [5, 5.41) is 0. The standard InChI is InChI=1S/C11H15F2N3/c1-8-6-10(15-7-14-8)16-4-2-9(3-5-16)11(12)13/h6-7,9,11H,2-5H2,1H3. The summed E-state index contributed by atoms with van der Waals surface area (Å²) in [4.78, 5) is 10.2. The zero-order valence-electron chi connectivity index (χ0n) is 9.24. The Morgan fingerprint density at radius 2 is 2.00 bits per heavy atom. The molecule has 1 aromatic heterocycles. The second-order valence-corrected chi connectivity index (χ2v) is 4.18. The van der Waals surface area contributed by atoms with Crippen molar-refractivity contribution in [2.75, 3.05) is 18.0 Å². The van der Waals surface area contributed by atoms with Gasteiger partial charge in [-0.1, -0.05) is 0 Å². The summed E-state index contributed by atoms with van der Waals surface area (Å²) in [6.45, 7) is 3.22. The minimum Gasteiger partial charge on any atom is -0.356 e. The molecule has 88 valence electrons. The molecule has 1 saturated heterocycles. The number of halogens is 2. The molecule has 0 radical (unpaired) electrons. The first kappa shape index (κ1) is 11.2. The Bertz CT molecular complexity index is 349. The van der Waals surface area contributed by atoms with Gasteiger partial charge >= 0.3 is 0 Å². The molecule has 1 aliphatic rings. The van der Waals surface area contributed by atoms with Crippen LogP contribution in [0, 0.1) is 12.8 Å². The van der Waals surface area contributed by atoms with Crippen LogP contribution in [0.2, 0.25) is 0 Å². The van der Waals surface area contributed by atoms with Crippen LogP contribution >= 0.6 is 0 Å². The van der Waals surface area contributed by atoms with Crippen LogP contribution in [0.4, 0.5) is 14.6 Å². The van der Waals surface area contributed by atoms with Crippen molar-refractivity contribution < 1.29 is 8.78 Å². The average molecular weight is 227 g/mol. The van der Waals surface area contributed by atoms with E-state index in [4.69, 9.17) is 0 Å². The van der Waals surface area contributed by atoms with E-state index in [1.165, 1.54) is 6.33 Å². The third-order valence-electron chi connectivity index (χ3n) is 3.01. The molecule has 0 bridgehead atoms. The molecule has 0 spiro atoms. The number of hydrogen-bond acceptors (Lipinski definition) is 3. The van der Waals surface area contributed by atoms with E-state index in [9.17, 15) is 8.78 Å². The lowest BCUT2D eigenvalue weighted by atomic mass is 9.97. The first-order valence-electron chi connectivity index (χ1n) is 5.48. The number of hydrogen-bond donors (Lipinski definition) is 0.